The molecule has 1 unspecified atom stereocenters. The molecule has 252 valence electrons. The summed E-state index contributed by atoms with van der Waals surface area (Å²) in [5.74, 6) is 1.94. The standard InChI is InChI=1S/C50H31N3S/c1-3-16-33(17-4-1)47-51-48(34-18-5-2-6-19-34)53-49(52-47)35-27-29-40-38-22-10-9-21-37(38)39-23-11-12-24-41(39)50(44(40)31-35)42-25-13-14-26-45(42)54-46-36-20-8-7-15-32(36)28-30-43(46)50/h1-31H. The summed E-state index contributed by atoms with van der Waals surface area (Å²) in [5, 5.41) is 2.51. The van der Waals surface area contributed by atoms with Crippen LogP contribution in [0.25, 0.3) is 67.2 Å². The first kappa shape index (κ1) is 31.0. The average Bonchev–Trinajstić information content (AvgIpc) is 3.35. The zero-order valence-electron chi connectivity index (χ0n) is 29.1. The van der Waals surface area contributed by atoms with Crippen LogP contribution in [0.3, 0.4) is 0 Å². The Morgan fingerprint density at radius 1 is 0.352 bits per heavy atom. The number of nitrogens with zero attached hydrogens (tertiary/aromatic N) is 3. The van der Waals surface area contributed by atoms with Crippen molar-refractivity contribution in [3.05, 3.63) is 210 Å². The lowest BCUT2D eigenvalue weighted by atomic mass is 9.62. The highest BCUT2D eigenvalue weighted by Crippen LogP contribution is 2.62. The zero-order valence-corrected chi connectivity index (χ0v) is 30.0. The number of aromatic nitrogens is 3. The van der Waals surface area contributed by atoms with Gasteiger partial charge < -0.3 is 0 Å². The Morgan fingerprint density at radius 3 is 1.59 bits per heavy atom. The Morgan fingerprint density at radius 2 is 0.889 bits per heavy atom. The van der Waals surface area contributed by atoms with Crippen molar-refractivity contribution in [1.29, 1.82) is 0 Å². The molecule has 9 aromatic rings. The van der Waals surface area contributed by atoms with Gasteiger partial charge in [0.25, 0.3) is 0 Å². The van der Waals surface area contributed by atoms with Crippen LogP contribution in [-0.4, -0.2) is 15.0 Å². The lowest BCUT2D eigenvalue weighted by Gasteiger charge is -2.43. The van der Waals surface area contributed by atoms with Crippen LogP contribution in [0.15, 0.2) is 198 Å². The summed E-state index contributed by atoms with van der Waals surface area (Å²) < 4.78 is 0. The van der Waals surface area contributed by atoms with E-state index in [9.17, 15) is 0 Å². The predicted molar refractivity (Wildman–Crippen MR) is 221 cm³/mol. The van der Waals surface area contributed by atoms with Crippen molar-refractivity contribution in [2.75, 3.05) is 0 Å². The van der Waals surface area contributed by atoms with Gasteiger partial charge in [-0.05, 0) is 67.4 Å². The molecule has 54 heavy (non-hydrogen) atoms. The van der Waals surface area contributed by atoms with E-state index in [1.807, 2.05) is 48.2 Å². The van der Waals surface area contributed by atoms with Crippen LogP contribution in [0.1, 0.15) is 22.3 Å². The minimum Gasteiger partial charge on any atom is -0.208 e. The Bertz CT molecular complexity index is 2860. The van der Waals surface area contributed by atoms with Crippen molar-refractivity contribution >= 4 is 22.5 Å². The molecule has 0 N–H and O–H groups in total. The molecule has 1 aromatic heterocycles. The molecule has 0 fully saturated rings. The second kappa shape index (κ2) is 12.2. The summed E-state index contributed by atoms with van der Waals surface area (Å²) in [6.07, 6.45) is 0. The molecule has 1 spiro atoms. The van der Waals surface area contributed by atoms with Crippen LogP contribution in [0.4, 0.5) is 0 Å². The van der Waals surface area contributed by atoms with Gasteiger partial charge in [0, 0.05) is 26.5 Å². The lowest BCUT2D eigenvalue weighted by Crippen LogP contribution is -2.34. The Labute approximate surface area is 318 Å². The third-order valence-corrected chi connectivity index (χ3v) is 12.2. The van der Waals surface area contributed by atoms with E-state index in [0.717, 1.165) is 16.7 Å². The molecule has 2 aliphatic rings. The maximum absolute atomic E-state index is 5.20. The normalized spacial score (nSPS) is 15.0. The molecule has 0 bridgehead atoms. The molecule has 0 amide bonds. The molecule has 4 heteroatoms. The van der Waals surface area contributed by atoms with E-state index in [2.05, 4.69) is 152 Å². The second-order valence-electron chi connectivity index (χ2n) is 13.9. The fourth-order valence-corrected chi connectivity index (χ4v) is 9.98. The van der Waals surface area contributed by atoms with Gasteiger partial charge in [0.2, 0.25) is 0 Å². The smallest absolute Gasteiger partial charge is 0.164 e. The van der Waals surface area contributed by atoms with E-state index >= 15 is 0 Å². The van der Waals surface area contributed by atoms with Gasteiger partial charge in [-0.2, -0.15) is 0 Å². The van der Waals surface area contributed by atoms with Gasteiger partial charge in [0.15, 0.2) is 17.5 Å². The van der Waals surface area contributed by atoms with E-state index in [1.54, 1.807) is 0 Å². The molecule has 11 rings (SSSR count). The van der Waals surface area contributed by atoms with Crippen molar-refractivity contribution < 1.29 is 0 Å². The third-order valence-electron chi connectivity index (χ3n) is 11.0. The topological polar surface area (TPSA) is 38.7 Å². The first-order valence-corrected chi connectivity index (χ1v) is 19.1. The van der Waals surface area contributed by atoms with Crippen LogP contribution in [0.2, 0.25) is 0 Å². The number of hydrogen-bond donors (Lipinski definition) is 0. The Kier molecular flexibility index (Phi) is 7.01. The van der Waals surface area contributed by atoms with Gasteiger partial charge in [0.1, 0.15) is 0 Å². The predicted octanol–water partition coefficient (Wildman–Crippen LogP) is 12.5. The monoisotopic (exact) mass is 705 g/mol. The van der Waals surface area contributed by atoms with E-state index < -0.39 is 5.41 Å². The summed E-state index contributed by atoms with van der Waals surface area (Å²) >= 11 is 1.89. The molecule has 0 saturated heterocycles. The highest BCUT2D eigenvalue weighted by Gasteiger charge is 2.48. The summed E-state index contributed by atoms with van der Waals surface area (Å²) in [4.78, 5) is 18.0. The highest BCUT2D eigenvalue weighted by molar-refractivity contribution is 7.99. The fraction of sp³-hybridized carbons (Fsp3) is 0.0200. The molecular formula is C50H31N3S. The van der Waals surface area contributed by atoms with E-state index in [0.29, 0.717) is 17.5 Å². The van der Waals surface area contributed by atoms with E-state index in [-0.39, 0.29) is 0 Å². The minimum absolute atomic E-state index is 0.642. The highest BCUT2D eigenvalue weighted by atomic mass is 32.2. The van der Waals surface area contributed by atoms with Crippen LogP contribution >= 0.6 is 11.8 Å². The maximum atomic E-state index is 5.20. The number of benzene rings is 8. The zero-order chi connectivity index (χ0) is 35.6. The molecule has 2 heterocycles. The Hall–Kier alpha value is -6.62. The summed E-state index contributed by atoms with van der Waals surface area (Å²) in [6, 6.07) is 67.7. The molecule has 1 aliphatic carbocycles. The average molecular weight is 706 g/mol. The number of hydrogen-bond acceptors (Lipinski definition) is 4. The second-order valence-corrected chi connectivity index (χ2v) is 15.0. The summed E-state index contributed by atoms with van der Waals surface area (Å²) in [5.41, 5.74) is 12.1. The summed E-state index contributed by atoms with van der Waals surface area (Å²) in [7, 11) is 0. The van der Waals surface area contributed by atoms with Gasteiger partial charge in [-0.15, -0.1) is 0 Å². The molecular weight excluding hydrogens is 675 g/mol. The molecule has 1 aliphatic heterocycles. The summed E-state index contributed by atoms with van der Waals surface area (Å²) in [6.45, 7) is 0. The Balaban J connectivity index is 1.28. The van der Waals surface area contributed by atoms with Crippen LogP contribution in [0, 0.1) is 0 Å². The van der Waals surface area contributed by atoms with Crippen molar-refractivity contribution in [2.24, 2.45) is 0 Å². The van der Waals surface area contributed by atoms with Crippen molar-refractivity contribution in [3.8, 4) is 56.4 Å². The first-order chi connectivity index (χ1) is 26.8. The SMILES string of the molecule is c1ccc(-c2nc(-c3ccccc3)nc(-c3ccc4c(c3)C3(c5ccccc5Sc5c3ccc3ccccc53)c3ccccc3-c3ccccc3-4)n2)cc1. The van der Waals surface area contributed by atoms with Crippen LogP contribution in [-0.2, 0) is 5.41 Å². The van der Waals surface area contributed by atoms with Crippen LogP contribution < -0.4 is 0 Å². The maximum Gasteiger partial charge on any atom is 0.164 e. The van der Waals surface area contributed by atoms with Crippen molar-refractivity contribution in [1.82, 2.24) is 15.0 Å². The largest absolute Gasteiger partial charge is 0.208 e. The van der Waals surface area contributed by atoms with Gasteiger partial charge in [0.05, 0.1) is 5.41 Å². The van der Waals surface area contributed by atoms with Crippen molar-refractivity contribution in [3.63, 3.8) is 0 Å². The lowest BCUT2D eigenvalue weighted by molar-refractivity contribution is 0.711. The van der Waals surface area contributed by atoms with Gasteiger partial charge in [-0.1, -0.05) is 188 Å². The number of rotatable bonds is 3. The fourth-order valence-electron chi connectivity index (χ4n) is 8.66. The van der Waals surface area contributed by atoms with Gasteiger partial charge in [-0.25, -0.2) is 15.0 Å². The van der Waals surface area contributed by atoms with E-state index in [4.69, 9.17) is 15.0 Å². The van der Waals surface area contributed by atoms with Gasteiger partial charge in [-0.3, -0.25) is 0 Å². The third kappa shape index (κ3) is 4.60. The molecule has 8 aromatic carbocycles. The van der Waals surface area contributed by atoms with E-state index in [1.165, 1.54) is 65.1 Å². The minimum atomic E-state index is -0.653. The quantitative estimate of drug-likeness (QED) is 0.183. The molecule has 1 atom stereocenters. The molecule has 0 radical (unpaired) electrons. The molecule has 3 nitrogen and oxygen atoms in total. The molecule has 0 saturated carbocycles. The van der Waals surface area contributed by atoms with Gasteiger partial charge >= 0.3 is 0 Å². The van der Waals surface area contributed by atoms with Crippen molar-refractivity contribution in [2.45, 2.75) is 15.2 Å². The number of fused-ring (bicyclic) bond motifs is 13. The van der Waals surface area contributed by atoms with Crippen LogP contribution in [0.5, 0.6) is 0 Å². The first-order valence-electron chi connectivity index (χ1n) is 18.3.